The van der Waals surface area contributed by atoms with E-state index < -0.39 is 0 Å². The largest absolute Gasteiger partial charge is 0.205 e. The predicted molar refractivity (Wildman–Crippen MR) is 79.8 cm³/mol. The van der Waals surface area contributed by atoms with Crippen LogP contribution in [0.2, 0.25) is 5.02 Å². The van der Waals surface area contributed by atoms with Gasteiger partial charge >= 0.3 is 0 Å². The molecule has 0 N–H and O–H groups in total. The summed E-state index contributed by atoms with van der Waals surface area (Å²) in [6.07, 6.45) is 0.642. The molecular formula is C16H15Cl2F. The third-order valence-electron chi connectivity index (χ3n) is 3.23. The predicted octanol–water partition coefficient (Wildman–Crippen LogP) is 5.35. The standard InChI is InChI=1S/C16H15Cl2F/c1-11-5-7-12(8-6-11)14(10-17)9-13-3-2-4-15(19)16(13)18/h2-8,14H,9-10H2,1H3. The quantitative estimate of drug-likeness (QED) is 0.667. The molecule has 0 aliphatic heterocycles. The van der Waals surface area contributed by atoms with Crippen molar-refractivity contribution in [2.45, 2.75) is 19.3 Å². The Morgan fingerprint density at radius 3 is 2.42 bits per heavy atom. The lowest BCUT2D eigenvalue weighted by Crippen LogP contribution is -2.05. The Morgan fingerprint density at radius 2 is 1.79 bits per heavy atom. The van der Waals surface area contributed by atoms with Crippen LogP contribution in [0, 0.1) is 12.7 Å². The van der Waals surface area contributed by atoms with Crippen molar-refractivity contribution in [3.63, 3.8) is 0 Å². The Morgan fingerprint density at radius 1 is 1.11 bits per heavy atom. The first-order valence-corrected chi connectivity index (χ1v) is 7.08. The first-order chi connectivity index (χ1) is 9.11. The molecule has 0 aliphatic rings. The van der Waals surface area contributed by atoms with Gasteiger partial charge in [0.05, 0.1) is 5.02 Å². The van der Waals surface area contributed by atoms with E-state index in [1.165, 1.54) is 11.6 Å². The number of rotatable bonds is 4. The maximum atomic E-state index is 13.4. The highest BCUT2D eigenvalue weighted by Gasteiger charge is 2.14. The topological polar surface area (TPSA) is 0 Å². The minimum absolute atomic E-state index is 0.140. The molecule has 0 nitrogen and oxygen atoms in total. The van der Waals surface area contributed by atoms with Crippen LogP contribution in [0.5, 0.6) is 0 Å². The molecule has 1 atom stereocenters. The summed E-state index contributed by atoms with van der Waals surface area (Å²) in [6, 6.07) is 13.1. The fraction of sp³-hybridized carbons (Fsp3) is 0.250. The van der Waals surface area contributed by atoms with E-state index in [1.807, 2.05) is 13.0 Å². The van der Waals surface area contributed by atoms with Gasteiger partial charge in [-0.1, -0.05) is 53.6 Å². The molecular weight excluding hydrogens is 282 g/mol. The number of hydrogen-bond acceptors (Lipinski definition) is 0. The SMILES string of the molecule is Cc1ccc(C(CCl)Cc2cccc(F)c2Cl)cc1. The van der Waals surface area contributed by atoms with E-state index in [0.717, 1.165) is 11.1 Å². The first kappa shape index (κ1) is 14.4. The van der Waals surface area contributed by atoms with Crippen molar-refractivity contribution < 1.29 is 4.39 Å². The van der Waals surface area contributed by atoms with Gasteiger partial charge in [0, 0.05) is 11.8 Å². The molecule has 100 valence electrons. The summed E-state index contributed by atoms with van der Waals surface area (Å²) in [5, 5.41) is 0.199. The van der Waals surface area contributed by atoms with Crippen LogP contribution in [0.15, 0.2) is 42.5 Å². The van der Waals surface area contributed by atoms with Gasteiger partial charge in [-0.15, -0.1) is 11.6 Å². The molecule has 19 heavy (non-hydrogen) atoms. The average Bonchev–Trinajstić information content (AvgIpc) is 2.42. The van der Waals surface area contributed by atoms with Crippen LogP contribution >= 0.6 is 23.2 Å². The average molecular weight is 297 g/mol. The molecule has 0 saturated heterocycles. The molecule has 0 aliphatic carbocycles. The summed E-state index contributed by atoms with van der Waals surface area (Å²) in [5.41, 5.74) is 3.16. The molecule has 2 aromatic rings. The Bertz CT molecular complexity index is 549. The molecule has 0 amide bonds. The third-order valence-corrected chi connectivity index (χ3v) is 4.03. The van der Waals surface area contributed by atoms with Crippen LogP contribution < -0.4 is 0 Å². The fourth-order valence-electron chi connectivity index (χ4n) is 2.07. The van der Waals surface area contributed by atoms with Crippen molar-refractivity contribution in [3.8, 4) is 0 Å². The van der Waals surface area contributed by atoms with E-state index in [1.54, 1.807) is 6.07 Å². The van der Waals surface area contributed by atoms with Gasteiger partial charge in [-0.2, -0.15) is 0 Å². The van der Waals surface area contributed by atoms with Gasteiger partial charge in [0.2, 0.25) is 0 Å². The van der Waals surface area contributed by atoms with Crippen LogP contribution in [0.3, 0.4) is 0 Å². The molecule has 1 unspecified atom stereocenters. The lowest BCUT2D eigenvalue weighted by atomic mass is 9.93. The van der Waals surface area contributed by atoms with Gasteiger partial charge in [-0.25, -0.2) is 4.39 Å². The van der Waals surface area contributed by atoms with E-state index >= 15 is 0 Å². The number of aryl methyl sites for hydroxylation is 1. The molecule has 0 saturated carbocycles. The van der Waals surface area contributed by atoms with Crippen molar-refractivity contribution in [1.82, 2.24) is 0 Å². The minimum atomic E-state index is -0.378. The zero-order chi connectivity index (χ0) is 13.8. The van der Waals surface area contributed by atoms with Gasteiger partial charge < -0.3 is 0 Å². The maximum absolute atomic E-state index is 13.4. The Labute approximate surface area is 123 Å². The first-order valence-electron chi connectivity index (χ1n) is 6.17. The molecule has 0 fully saturated rings. The van der Waals surface area contributed by atoms with Crippen molar-refractivity contribution in [2.75, 3.05) is 5.88 Å². The maximum Gasteiger partial charge on any atom is 0.142 e. The van der Waals surface area contributed by atoms with Gasteiger partial charge in [-0.05, 0) is 30.5 Å². The second kappa shape index (κ2) is 6.40. The Hall–Kier alpha value is -1.05. The fourth-order valence-corrected chi connectivity index (χ4v) is 2.56. The van der Waals surface area contributed by atoms with Crippen LogP contribution in [0.1, 0.15) is 22.6 Å². The monoisotopic (exact) mass is 296 g/mol. The third kappa shape index (κ3) is 3.49. The van der Waals surface area contributed by atoms with Gasteiger partial charge in [0.25, 0.3) is 0 Å². The Kier molecular flexibility index (Phi) is 4.84. The lowest BCUT2D eigenvalue weighted by molar-refractivity contribution is 0.624. The molecule has 2 rings (SSSR count). The summed E-state index contributed by atoms with van der Waals surface area (Å²) in [6.45, 7) is 2.04. The molecule has 2 aromatic carbocycles. The molecule has 3 heteroatoms. The zero-order valence-corrected chi connectivity index (χ0v) is 12.2. The summed E-state index contributed by atoms with van der Waals surface area (Å²) >= 11 is 12.0. The van der Waals surface area contributed by atoms with Crippen LogP contribution in [-0.4, -0.2) is 5.88 Å². The van der Waals surface area contributed by atoms with E-state index in [-0.39, 0.29) is 16.8 Å². The molecule has 0 aromatic heterocycles. The number of alkyl halides is 1. The van der Waals surface area contributed by atoms with Crippen molar-refractivity contribution in [3.05, 3.63) is 70.0 Å². The molecule has 0 radical (unpaired) electrons. The molecule has 0 bridgehead atoms. The van der Waals surface area contributed by atoms with Crippen LogP contribution in [0.4, 0.5) is 4.39 Å². The number of halogens is 3. The second-order valence-electron chi connectivity index (χ2n) is 4.68. The highest BCUT2D eigenvalue weighted by atomic mass is 35.5. The smallest absolute Gasteiger partial charge is 0.142 e. The molecule has 0 spiro atoms. The van der Waals surface area contributed by atoms with E-state index in [9.17, 15) is 4.39 Å². The second-order valence-corrected chi connectivity index (χ2v) is 5.37. The van der Waals surface area contributed by atoms with E-state index in [4.69, 9.17) is 23.2 Å². The van der Waals surface area contributed by atoms with Crippen molar-refractivity contribution in [2.24, 2.45) is 0 Å². The van der Waals surface area contributed by atoms with Gasteiger partial charge in [0.1, 0.15) is 5.82 Å². The summed E-state index contributed by atoms with van der Waals surface area (Å²) in [5.74, 6) is 0.244. The summed E-state index contributed by atoms with van der Waals surface area (Å²) in [7, 11) is 0. The van der Waals surface area contributed by atoms with E-state index in [2.05, 4.69) is 24.3 Å². The van der Waals surface area contributed by atoms with Crippen molar-refractivity contribution in [1.29, 1.82) is 0 Å². The van der Waals surface area contributed by atoms with Crippen LogP contribution in [0.25, 0.3) is 0 Å². The van der Waals surface area contributed by atoms with E-state index in [0.29, 0.717) is 12.3 Å². The minimum Gasteiger partial charge on any atom is -0.205 e. The van der Waals surface area contributed by atoms with Gasteiger partial charge in [0.15, 0.2) is 0 Å². The molecule has 0 heterocycles. The zero-order valence-electron chi connectivity index (χ0n) is 10.7. The number of hydrogen-bond donors (Lipinski definition) is 0. The van der Waals surface area contributed by atoms with Gasteiger partial charge in [-0.3, -0.25) is 0 Å². The highest BCUT2D eigenvalue weighted by molar-refractivity contribution is 6.31. The number of benzene rings is 2. The summed E-state index contributed by atoms with van der Waals surface area (Å²) < 4.78 is 13.4. The lowest BCUT2D eigenvalue weighted by Gasteiger charge is -2.16. The van der Waals surface area contributed by atoms with Crippen LogP contribution in [-0.2, 0) is 6.42 Å². The summed E-state index contributed by atoms with van der Waals surface area (Å²) in [4.78, 5) is 0. The highest BCUT2D eigenvalue weighted by Crippen LogP contribution is 2.28. The Balaban J connectivity index is 2.24. The van der Waals surface area contributed by atoms with Crippen molar-refractivity contribution >= 4 is 23.2 Å². The normalized spacial score (nSPS) is 12.4.